The van der Waals surface area contributed by atoms with Crippen molar-refractivity contribution in [1.82, 2.24) is 10.6 Å². The first-order valence-corrected chi connectivity index (χ1v) is 8.29. The Balaban J connectivity index is 2.47. The molecule has 128 valence electrons. The van der Waals surface area contributed by atoms with Crippen molar-refractivity contribution in [3.8, 4) is 0 Å². The molecule has 0 saturated carbocycles. The van der Waals surface area contributed by atoms with Gasteiger partial charge in [-0.05, 0) is 56.8 Å². The number of rotatable bonds is 9. The first kappa shape index (κ1) is 19.4. The molecule has 4 heteroatoms. The Morgan fingerprint density at radius 2 is 1.70 bits per heavy atom. The quantitative estimate of drug-likeness (QED) is 0.687. The summed E-state index contributed by atoms with van der Waals surface area (Å²) in [4.78, 5) is 23.4. The van der Waals surface area contributed by atoms with E-state index in [1.165, 1.54) is 6.92 Å². The Bertz CT molecular complexity index is 521. The van der Waals surface area contributed by atoms with E-state index in [1.54, 1.807) is 24.3 Å². The standard InChI is InChI=1S/C19H30N2O2/c1-14(12-19(3,4)10-11-20-5)13-21-18(23)17-8-6-16(7-9-17)15(2)22/h6-9,14,20H,10-13H2,1-5H3,(H,21,23). The highest BCUT2D eigenvalue weighted by molar-refractivity contribution is 5.97. The highest BCUT2D eigenvalue weighted by Gasteiger charge is 2.21. The number of nitrogens with one attached hydrogen (secondary N) is 2. The molecule has 1 aromatic carbocycles. The smallest absolute Gasteiger partial charge is 0.251 e. The van der Waals surface area contributed by atoms with Gasteiger partial charge in [0.25, 0.3) is 5.91 Å². The number of ketones is 1. The van der Waals surface area contributed by atoms with Gasteiger partial charge in [-0.2, -0.15) is 0 Å². The van der Waals surface area contributed by atoms with Crippen LogP contribution >= 0.6 is 0 Å². The number of hydrogen-bond acceptors (Lipinski definition) is 3. The molecule has 0 aliphatic carbocycles. The van der Waals surface area contributed by atoms with Gasteiger partial charge in [0.1, 0.15) is 0 Å². The van der Waals surface area contributed by atoms with Crippen LogP contribution in [0.2, 0.25) is 0 Å². The van der Waals surface area contributed by atoms with Gasteiger partial charge >= 0.3 is 0 Å². The zero-order valence-corrected chi connectivity index (χ0v) is 15.0. The van der Waals surface area contributed by atoms with E-state index in [0.29, 0.717) is 23.6 Å². The van der Waals surface area contributed by atoms with E-state index in [0.717, 1.165) is 19.4 Å². The van der Waals surface area contributed by atoms with Crippen LogP contribution in [0.3, 0.4) is 0 Å². The molecule has 1 atom stereocenters. The van der Waals surface area contributed by atoms with Gasteiger partial charge in [0.15, 0.2) is 5.78 Å². The van der Waals surface area contributed by atoms with Crippen molar-refractivity contribution in [2.24, 2.45) is 11.3 Å². The van der Waals surface area contributed by atoms with Crippen molar-refractivity contribution in [3.05, 3.63) is 35.4 Å². The summed E-state index contributed by atoms with van der Waals surface area (Å²) in [6.07, 6.45) is 2.19. The number of carbonyl (C=O) groups excluding carboxylic acids is 2. The van der Waals surface area contributed by atoms with Gasteiger partial charge in [0.05, 0.1) is 0 Å². The van der Waals surface area contributed by atoms with Gasteiger partial charge in [-0.1, -0.05) is 32.9 Å². The molecule has 0 aliphatic heterocycles. The molecule has 4 nitrogen and oxygen atoms in total. The first-order valence-electron chi connectivity index (χ1n) is 8.29. The number of benzene rings is 1. The summed E-state index contributed by atoms with van der Waals surface area (Å²) in [5.41, 5.74) is 1.48. The fourth-order valence-corrected chi connectivity index (χ4v) is 2.81. The second-order valence-electron chi connectivity index (χ2n) is 7.17. The number of hydrogen-bond donors (Lipinski definition) is 2. The number of amides is 1. The van der Waals surface area contributed by atoms with E-state index in [9.17, 15) is 9.59 Å². The minimum Gasteiger partial charge on any atom is -0.352 e. The van der Waals surface area contributed by atoms with Crippen molar-refractivity contribution in [2.45, 2.75) is 40.5 Å². The molecule has 0 aromatic heterocycles. The lowest BCUT2D eigenvalue weighted by atomic mass is 9.80. The van der Waals surface area contributed by atoms with Crippen molar-refractivity contribution < 1.29 is 9.59 Å². The molecule has 0 aliphatic rings. The maximum atomic E-state index is 12.2. The third-order valence-electron chi connectivity index (χ3n) is 4.12. The largest absolute Gasteiger partial charge is 0.352 e. The second kappa shape index (κ2) is 8.82. The average Bonchev–Trinajstić information content (AvgIpc) is 2.50. The number of carbonyl (C=O) groups is 2. The van der Waals surface area contributed by atoms with Gasteiger partial charge in [-0.25, -0.2) is 0 Å². The van der Waals surface area contributed by atoms with Crippen molar-refractivity contribution in [2.75, 3.05) is 20.1 Å². The monoisotopic (exact) mass is 318 g/mol. The van der Waals surface area contributed by atoms with E-state index in [2.05, 4.69) is 31.4 Å². The molecule has 0 spiro atoms. The minimum atomic E-state index is -0.0833. The topological polar surface area (TPSA) is 58.2 Å². The van der Waals surface area contributed by atoms with E-state index in [-0.39, 0.29) is 17.1 Å². The molecule has 1 amide bonds. The van der Waals surface area contributed by atoms with E-state index < -0.39 is 0 Å². The van der Waals surface area contributed by atoms with Gasteiger partial charge < -0.3 is 10.6 Å². The third kappa shape index (κ3) is 6.95. The van der Waals surface area contributed by atoms with Crippen LogP contribution < -0.4 is 10.6 Å². The number of Topliss-reactive ketones (excluding diaryl/α,β-unsaturated/α-hetero) is 1. The van der Waals surface area contributed by atoms with Crippen molar-refractivity contribution in [3.63, 3.8) is 0 Å². The molecule has 2 N–H and O–H groups in total. The van der Waals surface area contributed by atoms with Crippen molar-refractivity contribution in [1.29, 1.82) is 0 Å². The maximum Gasteiger partial charge on any atom is 0.251 e. The summed E-state index contributed by atoms with van der Waals surface area (Å²) < 4.78 is 0. The van der Waals surface area contributed by atoms with Gasteiger partial charge in [0, 0.05) is 17.7 Å². The van der Waals surface area contributed by atoms with E-state index in [1.807, 2.05) is 7.05 Å². The summed E-state index contributed by atoms with van der Waals surface area (Å²) in [6, 6.07) is 6.80. The van der Waals surface area contributed by atoms with E-state index in [4.69, 9.17) is 0 Å². The average molecular weight is 318 g/mol. The normalized spacial score (nSPS) is 12.7. The van der Waals surface area contributed by atoms with Crippen LogP contribution in [0.25, 0.3) is 0 Å². The second-order valence-corrected chi connectivity index (χ2v) is 7.17. The molecular formula is C19H30N2O2. The summed E-state index contributed by atoms with van der Waals surface area (Å²) >= 11 is 0. The summed E-state index contributed by atoms with van der Waals surface area (Å²) in [5, 5.41) is 6.17. The molecule has 0 fully saturated rings. The van der Waals surface area contributed by atoms with Crippen LogP contribution in [0, 0.1) is 11.3 Å². The predicted molar refractivity (Wildman–Crippen MR) is 94.9 cm³/mol. The molecular weight excluding hydrogens is 288 g/mol. The van der Waals surface area contributed by atoms with Crippen LogP contribution in [0.1, 0.15) is 61.3 Å². The first-order chi connectivity index (χ1) is 10.7. The molecule has 0 heterocycles. The van der Waals surface area contributed by atoms with Crippen LogP contribution in [-0.4, -0.2) is 31.8 Å². The summed E-state index contributed by atoms with van der Waals surface area (Å²) in [5.74, 6) is 0.344. The van der Waals surface area contributed by atoms with Crippen LogP contribution in [0.4, 0.5) is 0 Å². The van der Waals surface area contributed by atoms with E-state index >= 15 is 0 Å². The molecule has 23 heavy (non-hydrogen) atoms. The zero-order valence-electron chi connectivity index (χ0n) is 15.0. The lowest BCUT2D eigenvalue weighted by Crippen LogP contribution is -2.31. The Hall–Kier alpha value is -1.68. The highest BCUT2D eigenvalue weighted by atomic mass is 16.1. The van der Waals surface area contributed by atoms with Gasteiger partial charge in [-0.3, -0.25) is 9.59 Å². The molecule has 0 radical (unpaired) electrons. The zero-order chi connectivity index (χ0) is 17.5. The lowest BCUT2D eigenvalue weighted by molar-refractivity contribution is 0.0941. The molecule has 1 unspecified atom stereocenters. The lowest BCUT2D eigenvalue weighted by Gasteiger charge is -2.28. The fraction of sp³-hybridized carbons (Fsp3) is 0.579. The predicted octanol–water partition coefficient (Wildman–Crippen LogP) is 3.28. The molecule has 0 bridgehead atoms. The molecule has 1 aromatic rings. The van der Waals surface area contributed by atoms with Crippen LogP contribution in [0.15, 0.2) is 24.3 Å². The Kier molecular flexibility index (Phi) is 7.43. The molecule has 0 saturated heterocycles. The summed E-state index contributed by atoms with van der Waals surface area (Å²) in [7, 11) is 1.97. The Labute approximate surface area is 140 Å². The van der Waals surface area contributed by atoms with Gasteiger partial charge in [0.2, 0.25) is 0 Å². The van der Waals surface area contributed by atoms with Crippen molar-refractivity contribution >= 4 is 11.7 Å². The highest BCUT2D eigenvalue weighted by Crippen LogP contribution is 2.28. The van der Waals surface area contributed by atoms with Crippen LogP contribution in [-0.2, 0) is 0 Å². The third-order valence-corrected chi connectivity index (χ3v) is 4.12. The van der Waals surface area contributed by atoms with Gasteiger partial charge in [-0.15, -0.1) is 0 Å². The fourth-order valence-electron chi connectivity index (χ4n) is 2.81. The van der Waals surface area contributed by atoms with Crippen LogP contribution in [0.5, 0.6) is 0 Å². The molecule has 1 rings (SSSR count). The SMILES string of the molecule is CNCCC(C)(C)CC(C)CNC(=O)c1ccc(C(C)=O)cc1. The maximum absolute atomic E-state index is 12.2. The minimum absolute atomic E-state index is 0.00869. The Morgan fingerprint density at radius 1 is 1.13 bits per heavy atom. The Morgan fingerprint density at radius 3 is 2.22 bits per heavy atom. The summed E-state index contributed by atoms with van der Waals surface area (Å²) in [6.45, 7) is 9.89.